The van der Waals surface area contributed by atoms with Gasteiger partial charge < -0.3 is 9.30 Å². The first-order valence-corrected chi connectivity index (χ1v) is 9.50. The van der Waals surface area contributed by atoms with Crippen molar-refractivity contribution in [3.8, 4) is 0 Å². The summed E-state index contributed by atoms with van der Waals surface area (Å²) >= 11 is 3.59. The molecule has 0 aliphatic rings. The fourth-order valence-corrected chi connectivity index (χ4v) is 3.45. The van der Waals surface area contributed by atoms with Gasteiger partial charge >= 0.3 is 0 Å². The quantitative estimate of drug-likeness (QED) is 0.459. The molecule has 4 rings (SSSR count). The van der Waals surface area contributed by atoms with Gasteiger partial charge in [0.2, 0.25) is 0 Å². The number of carbonyl (C=O) groups is 1. The number of carbonyl (C=O) groups excluding carboxylic acids is 1. The molecule has 0 unspecified atom stereocenters. The maximum atomic E-state index is 13.3. The van der Waals surface area contributed by atoms with Crippen molar-refractivity contribution in [1.82, 2.24) is 14.3 Å². The van der Waals surface area contributed by atoms with Gasteiger partial charge in [-0.3, -0.25) is 4.79 Å². The van der Waals surface area contributed by atoms with E-state index in [0.29, 0.717) is 18.8 Å². The Labute approximate surface area is 166 Å². The Kier molecular flexibility index (Phi) is 5.03. The van der Waals surface area contributed by atoms with Crippen LogP contribution in [0.4, 0.5) is 0 Å². The van der Waals surface area contributed by atoms with Crippen molar-refractivity contribution in [2.45, 2.75) is 13.1 Å². The second-order valence-corrected chi connectivity index (χ2v) is 7.18. The third-order valence-corrected chi connectivity index (χ3v) is 5.18. The molecule has 2 heterocycles. The number of benzene rings is 2. The molecule has 2 aromatic heterocycles. The molecular formula is C22H18BrN3O. The summed E-state index contributed by atoms with van der Waals surface area (Å²) in [4.78, 5) is 19.6. The van der Waals surface area contributed by atoms with Crippen molar-refractivity contribution in [3.63, 3.8) is 0 Å². The zero-order valence-corrected chi connectivity index (χ0v) is 16.2. The lowest BCUT2D eigenvalue weighted by atomic mass is 10.1. The lowest BCUT2D eigenvalue weighted by Crippen LogP contribution is -2.30. The van der Waals surface area contributed by atoms with Gasteiger partial charge in [-0.05, 0) is 29.3 Å². The van der Waals surface area contributed by atoms with E-state index in [1.165, 1.54) is 0 Å². The summed E-state index contributed by atoms with van der Waals surface area (Å²) in [5, 5.41) is 0. The number of amides is 1. The highest BCUT2D eigenvalue weighted by Gasteiger charge is 2.20. The molecule has 0 aliphatic heterocycles. The second kappa shape index (κ2) is 7.76. The largest absolute Gasteiger partial charge is 0.329 e. The van der Waals surface area contributed by atoms with Crippen LogP contribution in [0.25, 0.3) is 5.65 Å². The molecule has 134 valence electrons. The van der Waals surface area contributed by atoms with E-state index in [1.807, 2.05) is 88.3 Å². The van der Waals surface area contributed by atoms with Crippen molar-refractivity contribution in [2.24, 2.45) is 0 Å². The molecule has 0 fully saturated rings. The number of halogens is 1. The lowest BCUT2D eigenvalue weighted by Gasteiger charge is -2.23. The first-order valence-electron chi connectivity index (χ1n) is 8.71. The van der Waals surface area contributed by atoms with E-state index in [4.69, 9.17) is 0 Å². The number of nitrogens with zero attached hydrogens (tertiary/aromatic N) is 3. The fourth-order valence-electron chi connectivity index (χ4n) is 3.04. The average Bonchev–Trinajstić information content (AvgIpc) is 3.13. The van der Waals surface area contributed by atoms with Gasteiger partial charge in [-0.1, -0.05) is 70.5 Å². The monoisotopic (exact) mass is 419 g/mol. The van der Waals surface area contributed by atoms with Gasteiger partial charge in [-0.15, -0.1) is 0 Å². The van der Waals surface area contributed by atoms with Crippen LogP contribution in [0.2, 0.25) is 0 Å². The van der Waals surface area contributed by atoms with Crippen LogP contribution >= 0.6 is 15.9 Å². The number of hydrogen-bond acceptors (Lipinski definition) is 2. The van der Waals surface area contributed by atoms with Gasteiger partial charge in [0.15, 0.2) is 0 Å². The summed E-state index contributed by atoms with van der Waals surface area (Å²) < 4.78 is 2.86. The molecule has 0 N–H and O–H groups in total. The molecule has 1 amide bonds. The van der Waals surface area contributed by atoms with Crippen molar-refractivity contribution in [1.29, 1.82) is 0 Å². The van der Waals surface area contributed by atoms with Crippen LogP contribution < -0.4 is 0 Å². The van der Waals surface area contributed by atoms with Gasteiger partial charge in [0.1, 0.15) is 11.3 Å². The number of hydrogen-bond donors (Lipinski definition) is 0. The summed E-state index contributed by atoms with van der Waals surface area (Å²) in [5.74, 6) is -0.0849. The van der Waals surface area contributed by atoms with E-state index in [9.17, 15) is 4.79 Å². The Balaban J connectivity index is 1.67. The van der Waals surface area contributed by atoms with Crippen molar-refractivity contribution < 1.29 is 4.79 Å². The van der Waals surface area contributed by atoms with Gasteiger partial charge in [0, 0.05) is 30.0 Å². The molecule has 0 bridgehead atoms. The van der Waals surface area contributed by atoms with Gasteiger partial charge in [-0.25, -0.2) is 4.98 Å². The molecule has 0 spiro atoms. The van der Waals surface area contributed by atoms with E-state index in [1.54, 1.807) is 6.20 Å². The number of rotatable bonds is 5. The predicted octanol–water partition coefficient (Wildman–Crippen LogP) is 4.94. The molecule has 0 saturated carbocycles. The molecule has 0 saturated heterocycles. The Hall–Kier alpha value is -2.92. The maximum Gasteiger partial charge on any atom is 0.274 e. The van der Waals surface area contributed by atoms with Crippen molar-refractivity contribution in [3.05, 3.63) is 106 Å². The molecule has 27 heavy (non-hydrogen) atoms. The molecule has 2 aromatic carbocycles. The maximum absolute atomic E-state index is 13.3. The van der Waals surface area contributed by atoms with Crippen LogP contribution in [0.1, 0.15) is 21.6 Å². The van der Waals surface area contributed by atoms with E-state index >= 15 is 0 Å². The Bertz CT molecular complexity index is 1040. The highest BCUT2D eigenvalue weighted by atomic mass is 79.9. The SMILES string of the molecule is O=C(c1cn2ccccc2n1)N(Cc1ccccc1)Cc1ccccc1Br. The zero-order valence-electron chi connectivity index (χ0n) is 14.6. The highest BCUT2D eigenvalue weighted by Crippen LogP contribution is 2.20. The standard InChI is InChI=1S/C22H18BrN3O/c23-19-11-5-4-10-18(19)15-26(14-17-8-2-1-3-9-17)22(27)20-16-25-13-7-6-12-21(25)24-20/h1-13,16H,14-15H2. The van der Waals surface area contributed by atoms with Gasteiger partial charge in [-0.2, -0.15) is 0 Å². The summed E-state index contributed by atoms with van der Waals surface area (Å²) in [7, 11) is 0. The zero-order chi connectivity index (χ0) is 18.6. The summed E-state index contributed by atoms with van der Waals surface area (Å²) in [6, 6.07) is 23.7. The van der Waals surface area contributed by atoms with Crippen molar-refractivity contribution >= 4 is 27.5 Å². The summed E-state index contributed by atoms with van der Waals surface area (Å²) in [6.45, 7) is 1.03. The van der Waals surface area contributed by atoms with E-state index in [-0.39, 0.29) is 5.91 Å². The normalized spacial score (nSPS) is 10.9. The molecule has 0 atom stereocenters. The Morgan fingerprint density at radius 3 is 2.44 bits per heavy atom. The van der Waals surface area contributed by atoms with Gasteiger partial charge in [0.05, 0.1) is 0 Å². The Morgan fingerprint density at radius 1 is 0.926 bits per heavy atom. The third kappa shape index (κ3) is 3.93. The fraction of sp³-hybridized carbons (Fsp3) is 0.0909. The lowest BCUT2D eigenvalue weighted by molar-refractivity contribution is 0.0724. The molecule has 5 heteroatoms. The smallest absolute Gasteiger partial charge is 0.274 e. The minimum Gasteiger partial charge on any atom is -0.329 e. The average molecular weight is 420 g/mol. The molecule has 4 aromatic rings. The van der Waals surface area contributed by atoms with E-state index in [2.05, 4.69) is 20.9 Å². The highest BCUT2D eigenvalue weighted by molar-refractivity contribution is 9.10. The van der Waals surface area contributed by atoms with Crippen LogP contribution in [-0.2, 0) is 13.1 Å². The predicted molar refractivity (Wildman–Crippen MR) is 109 cm³/mol. The first kappa shape index (κ1) is 17.5. The summed E-state index contributed by atoms with van der Waals surface area (Å²) in [5.41, 5.74) is 3.36. The minimum atomic E-state index is -0.0849. The molecule has 0 radical (unpaired) electrons. The Morgan fingerprint density at radius 2 is 1.67 bits per heavy atom. The molecule has 0 aliphatic carbocycles. The van der Waals surface area contributed by atoms with E-state index in [0.717, 1.165) is 21.2 Å². The van der Waals surface area contributed by atoms with Crippen LogP contribution in [0.3, 0.4) is 0 Å². The van der Waals surface area contributed by atoms with Crippen molar-refractivity contribution in [2.75, 3.05) is 0 Å². The van der Waals surface area contributed by atoms with Crippen LogP contribution in [-0.4, -0.2) is 20.2 Å². The van der Waals surface area contributed by atoms with Crippen LogP contribution in [0.5, 0.6) is 0 Å². The van der Waals surface area contributed by atoms with Gasteiger partial charge in [0.25, 0.3) is 5.91 Å². The van der Waals surface area contributed by atoms with Crippen LogP contribution in [0.15, 0.2) is 89.7 Å². The second-order valence-electron chi connectivity index (χ2n) is 6.33. The number of imidazole rings is 1. The number of pyridine rings is 1. The number of fused-ring (bicyclic) bond motifs is 1. The topological polar surface area (TPSA) is 37.6 Å². The third-order valence-electron chi connectivity index (χ3n) is 4.41. The minimum absolute atomic E-state index is 0.0849. The number of aromatic nitrogens is 2. The van der Waals surface area contributed by atoms with E-state index < -0.39 is 0 Å². The van der Waals surface area contributed by atoms with Crippen LogP contribution in [0, 0.1) is 0 Å². The first-order chi connectivity index (χ1) is 13.2. The molecule has 4 nitrogen and oxygen atoms in total. The molecular weight excluding hydrogens is 402 g/mol. The summed E-state index contributed by atoms with van der Waals surface area (Å²) in [6.07, 6.45) is 3.68.